The van der Waals surface area contributed by atoms with Crippen molar-refractivity contribution in [2.24, 2.45) is 11.3 Å². The molecule has 5 heterocycles. The van der Waals surface area contributed by atoms with Gasteiger partial charge >= 0.3 is 0 Å². The van der Waals surface area contributed by atoms with E-state index >= 15 is 0 Å². The van der Waals surface area contributed by atoms with Crippen molar-refractivity contribution < 1.29 is 19.2 Å². The van der Waals surface area contributed by atoms with Crippen molar-refractivity contribution >= 4 is 39.9 Å². The number of amides is 2. The first-order valence-corrected chi connectivity index (χ1v) is 16.7. The molecule has 2 amide bonds. The molecule has 7 rings (SSSR count). The molecule has 3 aliphatic rings. The number of aromatic nitrogens is 4. The van der Waals surface area contributed by atoms with Crippen LogP contribution in [0.3, 0.4) is 0 Å². The van der Waals surface area contributed by atoms with Crippen LogP contribution in [-0.4, -0.2) is 66.1 Å². The van der Waals surface area contributed by atoms with Gasteiger partial charge in [-0.2, -0.15) is 5.10 Å². The average molecular weight is 623 g/mol. The van der Waals surface area contributed by atoms with Crippen LogP contribution in [0.2, 0.25) is 0 Å². The zero-order valence-electron chi connectivity index (χ0n) is 27.1. The molecule has 2 fully saturated rings. The molecule has 1 aromatic carbocycles. The highest BCUT2D eigenvalue weighted by atomic mass is 16.2. The molecule has 4 atom stereocenters. The minimum absolute atomic E-state index is 0.0413. The Morgan fingerprint density at radius 1 is 1.07 bits per heavy atom. The van der Waals surface area contributed by atoms with Gasteiger partial charge in [0.25, 0.3) is 0 Å². The fraction of sp³-hybridized carbons (Fsp3) is 0.500. The highest BCUT2D eigenvalue weighted by molar-refractivity contribution is 6.09. The lowest BCUT2D eigenvalue weighted by molar-refractivity contribution is -0.139. The first kappa shape index (κ1) is 30.3. The second-order valence-electron chi connectivity index (χ2n) is 13.8. The molecule has 10 nitrogen and oxygen atoms in total. The largest absolute Gasteiger partial charge is 0.355 e. The third kappa shape index (κ3) is 5.21. The number of ketones is 2. The Morgan fingerprint density at radius 2 is 1.89 bits per heavy atom. The number of carbonyl (C=O) groups is 4. The van der Waals surface area contributed by atoms with E-state index in [2.05, 4.69) is 21.5 Å². The summed E-state index contributed by atoms with van der Waals surface area (Å²) in [6, 6.07) is 5.56. The average Bonchev–Trinajstić information content (AvgIpc) is 3.28. The van der Waals surface area contributed by atoms with Gasteiger partial charge in [-0.1, -0.05) is 26.7 Å². The van der Waals surface area contributed by atoms with E-state index in [0.29, 0.717) is 24.9 Å². The summed E-state index contributed by atoms with van der Waals surface area (Å²) in [6.07, 6.45) is 11.7. The van der Waals surface area contributed by atoms with Gasteiger partial charge in [0, 0.05) is 71.5 Å². The van der Waals surface area contributed by atoms with E-state index < -0.39 is 6.04 Å². The molecular weight excluding hydrogens is 580 g/mol. The van der Waals surface area contributed by atoms with Crippen LogP contribution in [0.4, 0.5) is 0 Å². The topological polar surface area (TPSA) is 119 Å². The van der Waals surface area contributed by atoms with Gasteiger partial charge < -0.3 is 14.8 Å². The predicted molar refractivity (Wildman–Crippen MR) is 174 cm³/mol. The molecule has 1 saturated carbocycles. The number of hydrogen-bond donors (Lipinski definition) is 1. The quantitative estimate of drug-likeness (QED) is 0.318. The summed E-state index contributed by atoms with van der Waals surface area (Å²) in [7, 11) is 0. The number of fused-ring (bicyclic) bond motifs is 1. The molecule has 0 radical (unpaired) electrons. The third-order valence-corrected chi connectivity index (χ3v) is 10.6. The van der Waals surface area contributed by atoms with Crippen LogP contribution < -0.4 is 5.32 Å². The standard InChI is InChI=1S/C36H42N6O4/c1-5-30(44)29-14-36-15-31(36)42(29)33(45)19-40-18-28(23(4)43)27-13-25(26-16-37-32-11-22(3)39-41(32)17-26)12-24(34(27)40)10-8-6-7-9-21(2)35(46)38-20-36/h11-13,16-18,21,29,31H,5-10,14-15,19-20H2,1-4H3,(H,38,46)/t21-,29-,31+,36-/m0/s1. The Morgan fingerprint density at radius 3 is 2.67 bits per heavy atom. The van der Waals surface area contributed by atoms with E-state index in [0.717, 1.165) is 77.5 Å². The lowest BCUT2D eigenvalue weighted by Gasteiger charge is -2.27. The summed E-state index contributed by atoms with van der Waals surface area (Å²) in [5.74, 6) is -0.184. The van der Waals surface area contributed by atoms with Gasteiger partial charge in [-0.15, -0.1) is 0 Å². The Bertz CT molecular complexity index is 1900. The number of Topliss-reactive ketones (excluding diaryl/α,β-unsaturated/α-hetero) is 2. The molecular formula is C36H42N6O4. The van der Waals surface area contributed by atoms with Crippen molar-refractivity contribution in [3.63, 3.8) is 0 Å². The lowest BCUT2D eigenvalue weighted by atomic mass is 9.95. The lowest BCUT2D eigenvalue weighted by Crippen LogP contribution is -2.44. The summed E-state index contributed by atoms with van der Waals surface area (Å²) in [6.45, 7) is 7.85. The van der Waals surface area contributed by atoms with Crippen LogP contribution in [0.5, 0.6) is 0 Å². The third-order valence-electron chi connectivity index (χ3n) is 10.6. The second kappa shape index (κ2) is 11.5. The molecule has 3 aromatic heterocycles. The fourth-order valence-electron chi connectivity index (χ4n) is 7.93. The molecule has 2 aliphatic heterocycles. The molecule has 46 heavy (non-hydrogen) atoms. The molecule has 0 unspecified atom stereocenters. The van der Waals surface area contributed by atoms with E-state index in [1.54, 1.807) is 16.3 Å². The SMILES string of the molecule is CCC(=O)[C@@H]1C[C@]23CNC(=O)[C@@H](C)CCCCCc4cc(-c5cnc6cc(C)nn6c5)cc5c(C(C)=O)cn(c45)CC(=O)N1[C@@H]2C3. The van der Waals surface area contributed by atoms with E-state index in [1.807, 2.05) is 56.1 Å². The maximum Gasteiger partial charge on any atom is 0.243 e. The first-order valence-electron chi connectivity index (χ1n) is 16.7. The molecule has 240 valence electrons. The predicted octanol–water partition coefficient (Wildman–Crippen LogP) is 5.07. The molecule has 1 N–H and O–H groups in total. The highest BCUT2D eigenvalue weighted by Gasteiger charge is 2.66. The Hall–Kier alpha value is -4.34. The summed E-state index contributed by atoms with van der Waals surface area (Å²) in [5.41, 5.74) is 5.74. The number of nitrogens with one attached hydrogen (secondary N) is 1. The molecule has 2 bridgehead atoms. The monoisotopic (exact) mass is 622 g/mol. The summed E-state index contributed by atoms with van der Waals surface area (Å²) in [5, 5.41) is 8.53. The van der Waals surface area contributed by atoms with Gasteiger partial charge in [-0.25, -0.2) is 9.50 Å². The Labute approximate surface area is 268 Å². The second-order valence-corrected chi connectivity index (χ2v) is 13.8. The van der Waals surface area contributed by atoms with Gasteiger partial charge in [0.15, 0.2) is 17.2 Å². The minimum Gasteiger partial charge on any atom is -0.355 e. The van der Waals surface area contributed by atoms with E-state index in [4.69, 9.17) is 0 Å². The summed E-state index contributed by atoms with van der Waals surface area (Å²) < 4.78 is 3.71. The molecule has 4 aromatic rings. The van der Waals surface area contributed by atoms with Gasteiger partial charge in [0.2, 0.25) is 11.8 Å². The van der Waals surface area contributed by atoms with Crippen molar-refractivity contribution in [2.75, 3.05) is 6.54 Å². The van der Waals surface area contributed by atoms with Crippen molar-refractivity contribution in [2.45, 2.75) is 97.7 Å². The highest BCUT2D eigenvalue weighted by Crippen LogP contribution is 2.59. The molecule has 0 spiro atoms. The van der Waals surface area contributed by atoms with E-state index in [-0.39, 0.29) is 47.3 Å². The maximum atomic E-state index is 14.2. The zero-order chi connectivity index (χ0) is 32.3. The van der Waals surface area contributed by atoms with Crippen LogP contribution >= 0.6 is 0 Å². The summed E-state index contributed by atoms with van der Waals surface area (Å²) >= 11 is 0. The Kier molecular flexibility index (Phi) is 7.56. The smallest absolute Gasteiger partial charge is 0.243 e. The Balaban J connectivity index is 1.33. The molecule has 10 heteroatoms. The van der Waals surface area contributed by atoms with Crippen molar-refractivity contribution in [1.29, 1.82) is 0 Å². The number of aryl methyl sites for hydroxylation is 2. The van der Waals surface area contributed by atoms with Crippen LogP contribution in [-0.2, 0) is 27.3 Å². The van der Waals surface area contributed by atoms with E-state index in [1.165, 1.54) is 0 Å². The number of carbonyl (C=O) groups excluding carboxylic acids is 4. The zero-order valence-corrected chi connectivity index (χ0v) is 27.1. The van der Waals surface area contributed by atoms with Crippen LogP contribution in [0.1, 0.15) is 87.3 Å². The minimum atomic E-state index is -0.488. The number of hydrogen-bond acceptors (Lipinski definition) is 6. The molecule has 1 aliphatic carbocycles. The fourth-order valence-corrected chi connectivity index (χ4v) is 7.93. The number of rotatable bonds is 4. The van der Waals surface area contributed by atoms with Crippen LogP contribution in [0.15, 0.2) is 36.8 Å². The van der Waals surface area contributed by atoms with Gasteiger partial charge in [0.05, 0.1) is 17.3 Å². The summed E-state index contributed by atoms with van der Waals surface area (Å²) in [4.78, 5) is 59.8. The van der Waals surface area contributed by atoms with Crippen LogP contribution in [0.25, 0.3) is 27.7 Å². The number of nitrogens with zero attached hydrogens (tertiary/aromatic N) is 5. The van der Waals surface area contributed by atoms with E-state index in [9.17, 15) is 19.2 Å². The van der Waals surface area contributed by atoms with Crippen molar-refractivity contribution in [3.8, 4) is 11.1 Å². The maximum absolute atomic E-state index is 14.2. The first-order chi connectivity index (χ1) is 22.1. The van der Waals surface area contributed by atoms with Gasteiger partial charge in [-0.05, 0) is 69.2 Å². The van der Waals surface area contributed by atoms with Crippen LogP contribution in [0, 0.1) is 18.3 Å². The van der Waals surface area contributed by atoms with Gasteiger partial charge in [0.1, 0.15) is 6.54 Å². The number of benzene rings is 1. The van der Waals surface area contributed by atoms with Crippen molar-refractivity contribution in [1.82, 2.24) is 29.4 Å². The van der Waals surface area contributed by atoms with Crippen molar-refractivity contribution in [3.05, 3.63) is 53.6 Å². The van der Waals surface area contributed by atoms with Gasteiger partial charge in [-0.3, -0.25) is 19.2 Å². The molecule has 1 saturated heterocycles. The normalized spacial score (nSPS) is 25.4. The number of piperidine rings is 1.